The summed E-state index contributed by atoms with van der Waals surface area (Å²) in [7, 11) is 1.79. The van der Waals surface area contributed by atoms with Crippen LogP contribution in [-0.2, 0) is 0 Å². The lowest BCUT2D eigenvalue weighted by Gasteiger charge is -2.26. The fourth-order valence-electron chi connectivity index (χ4n) is 1.98. The van der Waals surface area contributed by atoms with Crippen LogP contribution in [0.3, 0.4) is 0 Å². The molecule has 2 N–H and O–H groups in total. The van der Waals surface area contributed by atoms with Gasteiger partial charge in [-0.3, -0.25) is 0 Å². The van der Waals surface area contributed by atoms with Crippen LogP contribution in [0, 0.1) is 5.92 Å². The second kappa shape index (κ2) is 5.59. The minimum absolute atomic E-state index is 0.00832. The van der Waals surface area contributed by atoms with Crippen LogP contribution in [0.1, 0.15) is 40.0 Å². The Balaban J connectivity index is 2.13. The molecule has 1 saturated carbocycles. The van der Waals surface area contributed by atoms with Gasteiger partial charge in [0.2, 0.25) is 11.9 Å². The Labute approximate surface area is 114 Å². The first-order chi connectivity index (χ1) is 9.05. The van der Waals surface area contributed by atoms with Gasteiger partial charge in [0.1, 0.15) is 0 Å². The largest absolute Gasteiger partial charge is 0.463 e. The zero-order valence-electron chi connectivity index (χ0n) is 12.2. The Hall–Kier alpha value is -1.59. The maximum atomic E-state index is 5.49. The summed E-state index contributed by atoms with van der Waals surface area (Å²) in [6.07, 6.45) is 3.46. The molecule has 0 aliphatic heterocycles. The summed E-state index contributed by atoms with van der Waals surface area (Å²) in [5.74, 6) is 1.79. The van der Waals surface area contributed by atoms with E-state index in [0.29, 0.717) is 30.4 Å². The third kappa shape index (κ3) is 3.68. The van der Waals surface area contributed by atoms with Crippen LogP contribution < -0.4 is 15.4 Å². The summed E-state index contributed by atoms with van der Waals surface area (Å²) in [4.78, 5) is 12.8. The van der Waals surface area contributed by atoms with Gasteiger partial charge < -0.3 is 15.4 Å². The fraction of sp³-hybridized carbons (Fsp3) is 0.769. The van der Waals surface area contributed by atoms with E-state index >= 15 is 0 Å². The van der Waals surface area contributed by atoms with Crippen LogP contribution in [-0.4, -0.2) is 34.1 Å². The van der Waals surface area contributed by atoms with Crippen LogP contribution in [0.25, 0.3) is 0 Å². The summed E-state index contributed by atoms with van der Waals surface area (Å²) in [6, 6.07) is 0.371. The zero-order valence-corrected chi connectivity index (χ0v) is 12.2. The van der Waals surface area contributed by atoms with Gasteiger partial charge in [-0.15, -0.1) is 0 Å². The van der Waals surface area contributed by atoms with Gasteiger partial charge in [0, 0.05) is 12.6 Å². The Morgan fingerprint density at radius 1 is 1.21 bits per heavy atom. The van der Waals surface area contributed by atoms with E-state index in [0.717, 1.165) is 6.42 Å². The molecule has 1 aromatic rings. The van der Waals surface area contributed by atoms with Crippen molar-refractivity contribution < 1.29 is 4.74 Å². The van der Waals surface area contributed by atoms with Gasteiger partial charge >= 0.3 is 6.01 Å². The smallest absolute Gasteiger partial charge is 0.323 e. The highest BCUT2D eigenvalue weighted by Crippen LogP contribution is 2.40. The highest BCUT2D eigenvalue weighted by molar-refractivity contribution is 5.37. The molecule has 6 nitrogen and oxygen atoms in total. The standard InChI is InChI=1S/C13H23N5O/c1-5-8-19-12-16-10(14-4)15-11(17-12)18-13(2,3)9-6-7-9/h9H,5-8H2,1-4H3,(H2,14,15,16,17,18). The van der Waals surface area contributed by atoms with Crippen LogP contribution >= 0.6 is 0 Å². The topological polar surface area (TPSA) is 72.0 Å². The van der Waals surface area contributed by atoms with Crippen molar-refractivity contribution in [3.8, 4) is 6.01 Å². The van der Waals surface area contributed by atoms with Crippen LogP contribution in [0.2, 0.25) is 0 Å². The molecule has 1 fully saturated rings. The van der Waals surface area contributed by atoms with Gasteiger partial charge in [-0.2, -0.15) is 15.0 Å². The molecule has 0 unspecified atom stereocenters. The lowest BCUT2D eigenvalue weighted by Crippen LogP contribution is -2.34. The molecule has 1 aliphatic rings. The van der Waals surface area contributed by atoms with E-state index in [4.69, 9.17) is 4.74 Å². The van der Waals surface area contributed by atoms with Gasteiger partial charge in [0.15, 0.2) is 0 Å². The number of aromatic nitrogens is 3. The van der Waals surface area contributed by atoms with E-state index in [1.807, 2.05) is 0 Å². The highest BCUT2D eigenvalue weighted by Gasteiger charge is 2.38. The van der Waals surface area contributed by atoms with Crippen molar-refractivity contribution in [3.05, 3.63) is 0 Å². The molecule has 1 aromatic heterocycles. The van der Waals surface area contributed by atoms with Crippen LogP contribution in [0.4, 0.5) is 11.9 Å². The molecule has 19 heavy (non-hydrogen) atoms. The second-order valence-electron chi connectivity index (χ2n) is 5.48. The van der Waals surface area contributed by atoms with E-state index in [1.54, 1.807) is 7.05 Å². The van der Waals surface area contributed by atoms with Crippen LogP contribution in [0.5, 0.6) is 6.01 Å². The Bertz CT molecular complexity index is 431. The van der Waals surface area contributed by atoms with Gasteiger partial charge in [0.05, 0.1) is 6.61 Å². The third-order valence-electron chi connectivity index (χ3n) is 3.31. The molecule has 6 heteroatoms. The van der Waals surface area contributed by atoms with Crippen molar-refractivity contribution in [1.82, 2.24) is 15.0 Å². The first-order valence-corrected chi connectivity index (χ1v) is 6.90. The first kappa shape index (κ1) is 13.8. The summed E-state index contributed by atoms with van der Waals surface area (Å²) >= 11 is 0. The quantitative estimate of drug-likeness (QED) is 0.788. The average Bonchev–Trinajstić information content (AvgIpc) is 3.20. The molecule has 0 spiro atoms. The van der Waals surface area contributed by atoms with Crippen molar-refractivity contribution in [2.45, 2.75) is 45.6 Å². The van der Waals surface area contributed by atoms with Crippen molar-refractivity contribution in [2.24, 2.45) is 5.92 Å². The molecule has 1 aliphatic carbocycles. The first-order valence-electron chi connectivity index (χ1n) is 6.90. The van der Waals surface area contributed by atoms with Gasteiger partial charge in [-0.25, -0.2) is 0 Å². The Morgan fingerprint density at radius 3 is 2.47 bits per heavy atom. The van der Waals surface area contributed by atoms with E-state index < -0.39 is 0 Å². The second-order valence-corrected chi connectivity index (χ2v) is 5.48. The molecular weight excluding hydrogens is 242 g/mol. The lowest BCUT2D eigenvalue weighted by atomic mass is 9.99. The number of nitrogens with zero attached hydrogens (tertiary/aromatic N) is 3. The van der Waals surface area contributed by atoms with E-state index in [9.17, 15) is 0 Å². The molecule has 0 bridgehead atoms. The molecule has 0 amide bonds. The maximum Gasteiger partial charge on any atom is 0.323 e. The van der Waals surface area contributed by atoms with Crippen LogP contribution in [0.15, 0.2) is 0 Å². The molecule has 2 rings (SSSR count). The number of rotatable bonds is 7. The highest BCUT2D eigenvalue weighted by atomic mass is 16.5. The molecule has 0 saturated heterocycles. The molecular formula is C13H23N5O. The number of hydrogen-bond acceptors (Lipinski definition) is 6. The SMILES string of the molecule is CCCOc1nc(NC)nc(NC(C)(C)C2CC2)n1. The molecule has 0 atom stereocenters. The summed E-state index contributed by atoms with van der Waals surface area (Å²) < 4.78 is 5.49. The van der Waals surface area contributed by atoms with Crippen molar-refractivity contribution in [1.29, 1.82) is 0 Å². The van der Waals surface area contributed by atoms with Crippen molar-refractivity contribution >= 4 is 11.9 Å². The van der Waals surface area contributed by atoms with E-state index in [-0.39, 0.29) is 5.54 Å². The van der Waals surface area contributed by atoms with Gasteiger partial charge in [-0.1, -0.05) is 6.92 Å². The molecule has 106 valence electrons. The maximum absolute atomic E-state index is 5.49. The third-order valence-corrected chi connectivity index (χ3v) is 3.31. The summed E-state index contributed by atoms with van der Waals surface area (Å²) in [5, 5.41) is 6.32. The molecule has 0 aromatic carbocycles. The van der Waals surface area contributed by atoms with Gasteiger partial charge in [-0.05, 0) is 39.0 Å². The zero-order chi connectivity index (χ0) is 13.9. The fourth-order valence-corrected chi connectivity index (χ4v) is 1.98. The van der Waals surface area contributed by atoms with E-state index in [2.05, 4.69) is 46.4 Å². The lowest BCUT2D eigenvalue weighted by molar-refractivity contribution is 0.292. The molecule has 0 radical (unpaired) electrons. The Morgan fingerprint density at radius 2 is 1.89 bits per heavy atom. The minimum atomic E-state index is 0.00832. The number of ether oxygens (including phenoxy) is 1. The summed E-state index contributed by atoms with van der Waals surface area (Å²) in [6.45, 7) is 7.02. The summed E-state index contributed by atoms with van der Waals surface area (Å²) in [5.41, 5.74) is 0.00832. The van der Waals surface area contributed by atoms with Crippen molar-refractivity contribution in [3.63, 3.8) is 0 Å². The normalized spacial score (nSPS) is 15.2. The predicted octanol–water partition coefficient (Wildman–Crippen LogP) is 2.30. The monoisotopic (exact) mass is 265 g/mol. The predicted molar refractivity (Wildman–Crippen MR) is 75.6 cm³/mol. The van der Waals surface area contributed by atoms with E-state index in [1.165, 1.54) is 12.8 Å². The number of anilines is 2. The number of hydrogen-bond donors (Lipinski definition) is 2. The molecule has 1 heterocycles. The number of nitrogens with one attached hydrogen (secondary N) is 2. The average molecular weight is 265 g/mol. The van der Waals surface area contributed by atoms with Crippen molar-refractivity contribution in [2.75, 3.05) is 24.3 Å². The minimum Gasteiger partial charge on any atom is -0.463 e. The Kier molecular flexibility index (Phi) is 4.07. The van der Waals surface area contributed by atoms with Gasteiger partial charge in [0.25, 0.3) is 0 Å².